The Labute approximate surface area is 146 Å². The van der Waals surface area contributed by atoms with Crippen molar-refractivity contribution in [2.45, 2.75) is 24.4 Å². The number of hydrogen-bond donors (Lipinski definition) is 3. The summed E-state index contributed by atoms with van der Waals surface area (Å²) < 4.78 is 5.36. The van der Waals surface area contributed by atoms with E-state index in [1.165, 1.54) is 28.4 Å². The van der Waals surface area contributed by atoms with E-state index in [4.69, 9.17) is 10.5 Å². The van der Waals surface area contributed by atoms with Crippen molar-refractivity contribution in [3.05, 3.63) is 22.4 Å². The van der Waals surface area contributed by atoms with Crippen LogP contribution in [0.25, 0.3) is 0 Å². The van der Waals surface area contributed by atoms with Gasteiger partial charge in [0, 0.05) is 16.9 Å². The zero-order valence-corrected chi connectivity index (χ0v) is 14.5. The van der Waals surface area contributed by atoms with Gasteiger partial charge in [-0.05, 0) is 12.5 Å². The van der Waals surface area contributed by atoms with Gasteiger partial charge >= 0.3 is 5.97 Å². The molecule has 0 aromatic rings. The van der Waals surface area contributed by atoms with Crippen LogP contribution >= 0.6 is 23.5 Å². The van der Waals surface area contributed by atoms with Crippen molar-refractivity contribution in [3.8, 4) is 0 Å². The molecule has 4 N–H and O–H groups in total. The van der Waals surface area contributed by atoms with E-state index >= 15 is 0 Å². The molecule has 8 nitrogen and oxygen atoms in total. The second kappa shape index (κ2) is 6.69. The van der Waals surface area contributed by atoms with Crippen molar-refractivity contribution in [1.29, 1.82) is 0 Å². The first-order valence-electron chi connectivity index (χ1n) is 7.30. The molecule has 3 aliphatic heterocycles. The number of nitrogens with one attached hydrogen (secondary N) is 1. The van der Waals surface area contributed by atoms with E-state index in [-0.39, 0.29) is 5.70 Å². The Kier molecular flexibility index (Phi) is 4.79. The van der Waals surface area contributed by atoms with Gasteiger partial charge in [0.1, 0.15) is 28.9 Å². The van der Waals surface area contributed by atoms with Crippen LogP contribution in [-0.2, 0) is 19.1 Å². The molecule has 0 aromatic carbocycles. The number of nitrogens with zero attached hydrogens (tertiary/aromatic N) is 1. The largest absolute Gasteiger partial charge is 0.494 e. The van der Waals surface area contributed by atoms with Gasteiger partial charge in [-0.3, -0.25) is 14.5 Å². The van der Waals surface area contributed by atoms with Gasteiger partial charge in [-0.1, -0.05) is 0 Å². The molecule has 0 radical (unpaired) electrons. The smallest absolute Gasteiger partial charge is 0.352 e. The van der Waals surface area contributed by atoms with Crippen LogP contribution in [0.3, 0.4) is 0 Å². The zero-order chi connectivity index (χ0) is 17.4. The van der Waals surface area contributed by atoms with Gasteiger partial charge < -0.3 is 20.9 Å². The van der Waals surface area contributed by atoms with Crippen molar-refractivity contribution < 1.29 is 24.2 Å². The molecule has 0 aromatic heterocycles. The Hall–Kier alpha value is -1.65. The van der Waals surface area contributed by atoms with Crippen LogP contribution in [0.4, 0.5) is 0 Å². The fraction of sp³-hybridized carbons (Fsp3) is 0.500. The molecule has 0 saturated carbocycles. The van der Waals surface area contributed by atoms with E-state index in [1.807, 2.05) is 0 Å². The number of fused-ring (bicyclic) bond motifs is 1. The number of ether oxygens (including phenoxy) is 1. The van der Waals surface area contributed by atoms with Gasteiger partial charge in [0.15, 0.2) is 0 Å². The van der Waals surface area contributed by atoms with Gasteiger partial charge in [0.05, 0.1) is 6.61 Å². The third kappa shape index (κ3) is 2.89. The molecule has 130 valence electrons. The van der Waals surface area contributed by atoms with E-state index in [0.29, 0.717) is 23.7 Å². The second-order valence-corrected chi connectivity index (χ2v) is 7.63. The molecule has 0 bridgehead atoms. The Morgan fingerprint density at radius 1 is 1.54 bits per heavy atom. The number of carboxylic acids is 1. The summed E-state index contributed by atoms with van der Waals surface area (Å²) in [5.41, 5.74) is 6.52. The number of carboxylic acid groups (broad SMARTS) is 1. The third-order valence-corrected chi connectivity index (χ3v) is 6.14. The maximum atomic E-state index is 12.3. The number of rotatable bonds is 4. The molecular formula is C14H17N3O5S2. The lowest BCUT2D eigenvalue weighted by Crippen LogP contribution is -2.71. The zero-order valence-electron chi connectivity index (χ0n) is 12.9. The van der Waals surface area contributed by atoms with Gasteiger partial charge in [0.25, 0.3) is 5.91 Å². The monoisotopic (exact) mass is 371 g/mol. The highest BCUT2D eigenvalue weighted by Gasteiger charge is 2.54. The standard InChI is InChI=1S/C14H17N3O5S2/c1-6-4-24-13-9(12(19)17(13)10(6)14(20)21)16-11(18)8(15)7-5-23-3-2-22-7/h5,8-9,13H,2-4,15H2,1H3,(H,16,18)(H,20,21). The number of β-lactam (4-membered cyclic amide) rings is 1. The Bertz CT molecular complexity index is 663. The summed E-state index contributed by atoms with van der Waals surface area (Å²) in [6.07, 6.45) is 0. The first-order valence-corrected chi connectivity index (χ1v) is 9.39. The lowest BCUT2D eigenvalue weighted by atomic mass is 10.0. The lowest BCUT2D eigenvalue weighted by molar-refractivity contribution is -0.150. The SMILES string of the molecule is CC1=C(C(=O)O)N2C(=O)C(NC(=O)C(N)C3=CSCCO3)C2SC1. The van der Waals surface area contributed by atoms with Crippen LogP contribution in [0, 0.1) is 0 Å². The van der Waals surface area contributed by atoms with Crippen LogP contribution in [0.2, 0.25) is 0 Å². The average Bonchev–Trinajstić information content (AvgIpc) is 2.59. The van der Waals surface area contributed by atoms with Crippen LogP contribution < -0.4 is 11.1 Å². The highest BCUT2D eigenvalue weighted by Crippen LogP contribution is 2.40. The first-order chi connectivity index (χ1) is 11.4. The number of hydrogen-bond acceptors (Lipinski definition) is 7. The molecule has 24 heavy (non-hydrogen) atoms. The molecule has 1 fully saturated rings. The normalized spacial score (nSPS) is 27.5. The minimum Gasteiger partial charge on any atom is -0.494 e. The summed E-state index contributed by atoms with van der Waals surface area (Å²) in [6, 6.07) is -1.75. The molecule has 3 heterocycles. The highest BCUT2D eigenvalue weighted by molar-refractivity contribution is 8.02. The molecule has 0 aliphatic carbocycles. The van der Waals surface area contributed by atoms with E-state index in [0.717, 1.165) is 5.75 Å². The molecular weight excluding hydrogens is 354 g/mol. The number of nitrogens with two attached hydrogens (primary N) is 1. The lowest BCUT2D eigenvalue weighted by Gasteiger charge is -2.49. The maximum absolute atomic E-state index is 12.3. The Balaban J connectivity index is 1.68. The van der Waals surface area contributed by atoms with E-state index in [9.17, 15) is 19.5 Å². The molecule has 10 heteroatoms. The predicted molar refractivity (Wildman–Crippen MR) is 89.8 cm³/mol. The number of amides is 2. The van der Waals surface area contributed by atoms with Crippen LogP contribution in [0.5, 0.6) is 0 Å². The maximum Gasteiger partial charge on any atom is 0.352 e. The van der Waals surface area contributed by atoms with Crippen LogP contribution in [-0.4, -0.2) is 63.4 Å². The van der Waals surface area contributed by atoms with E-state index in [2.05, 4.69) is 5.32 Å². The number of thioether (sulfide) groups is 2. The van der Waals surface area contributed by atoms with Crippen molar-refractivity contribution >= 4 is 41.3 Å². The van der Waals surface area contributed by atoms with Gasteiger partial charge in [-0.25, -0.2) is 4.79 Å². The minimum absolute atomic E-state index is 0.00766. The third-order valence-electron chi connectivity index (χ3n) is 3.92. The van der Waals surface area contributed by atoms with Crippen molar-refractivity contribution in [2.24, 2.45) is 5.73 Å². The van der Waals surface area contributed by atoms with Gasteiger partial charge in [0.2, 0.25) is 5.91 Å². The fourth-order valence-electron chi connectivity index (χ4n) is 2.69. The quantitative estimate of drug-likeness (QED) is 0.575. The summed E-state index contributed by atoms with van der Waals surface area (Å²) in [7, 11) is 0. The molecule has 1 saturated heterocycles. The molecule has 3 aliphatic rings. The summed E-state index contributed by atoms with van der Waals surface area (Å²) in [5.74, 6) is -0.394. The minimum atomic E-state index is -1.13. The summed E-state index contributed by atoms with van der Waals surface area (Å²) in [4.78, 5) is 37.2. The Morgan fingerprint density at radius 3 is 2.92 bits per heavy atom. The average molecular weight is 371 g/mol. The molecule has 2 amide bonds. The number of carbonyl (C=O) groups is 3. The summed E-state index contributed by atoms with van der Waals surface area (Å²) >= 11 is 2.93. The molecule has 0 spiro atoms. The number of aliphatic carboxylic acids is 1. The molecule has 3 atom stereocenters. The van der Waals surface area contributed by atoms with Crippen molar-refractivity contribution in [3.63, 3.8) is 0 Å². The van der Waals surface area contributed by atoms with Gasteiger partial charge in [-0.15, -0.1) is 23.5 Å². The second-order valence-electron chi connectivity index (χ2n) is 5.55. The van der Waals surface area contributed by atoms with E-state index < -0.39 is 35.2 Å². The fourth-order valence-corrected chi connectivity index (χ4v) is 4.66. The molecule has 3 rings (SSSR count). The summed E-state index contributed by atoms with van der Waals surface area (Å²) in [6.45, 7) is 2.17. The van der Waals surface area contributed by atoms with Gasteiger partial charge in [-0.2, -0.15) is 0 Å². The number of carbonyl (C=O) groups excluding carboxylic acids is 2. The highest BCUT2D eigenvalue weighted by atomic mass is 32.2. The van der Waals surface area contributed by atoms with Crippen molar-refractivity contribution in [1.82, 2.24) is 10.2 Å². The van der Waals surface area contributed by atoms with Crippen LogP contribution in [0.1, 0.15) is 6.92 Å². The van der Waals surface area contributed by atoms with Crippen molar-refractivity contribution in [2.75, 3.05) is 18.1 Å². The topological polar surface area (TPSA) is 122 Å². The predicted octanol–water partition coefficient (Wildman–Crippen LogP) is -0.323. The Morgan fingerprint density at radius 2 is 2.29 bits per heavy atom. The van der Waals surface area contributed by atoms with E-state index in [1.54, 1.807) is 12.3 Å². The van der Waals surface area contributed by atoms with Crippen LogP contribution in [0.15, 0.2) is 22.4 Å². The summed E-state index contributed by atoms with van der Waals surface area (Å²) in [5, 5.41) is 13.2. The molecule has 3 unspecified atom stereocenters. The first kappa shape index (κ1) is 17.2.